The minimum absolute atomic E-state index is 0.819. The van der Waals surface area contributed by atoms with Gasteiger partial charge in [0.1, 0.15) is 0 Å². The van der Waals surface area contributed by atoms with Crippen LogP contribution < -0.4 is 0 Å². The highest BCUT2D eigenvalue weighted by atomic mass is 14.7. The third-order valence-electron chi connectivity index (χ3n) is 2.39. The quantitative estimate of drug-likeness (QED) is 0.705. The van der Waals surface area contributed by atoms with Gasteiger partial charge in [-0.25, -0.2) is 0 Å². The highest BCUT2D eigenvalue weighted by Gasteiger charge is 2.02. The normalized spacial score (nSPS) is 19.6. The topological polar surface area (TPSA) is 12.4 Å². The fourth-order valence-corrected chi connectivity index (χ4v) is 1.65. The third-order valence-corrected chi connectivity index (χ3v) is 2.39. The summed E-state index contributed by atoms with van der Waals surface area (Å²) in [6, 6.07) is 10.3. The van der Waals surface area contributed by atoms with Crippen molar-refractivity contribution in [2.45, 2.75) is 6.92 Å². The summed E-state index contributed by atoms with van der Waals surface area (Å²) < 4.78 is 0. The van der Waals surface area contributed by atoms with Gasteiger partial charge in [0.05, 0.1) is 5.71 Å². The van der Waals surface area contributed by atoms with Crippen LogP contribution in [-0.2, 0) is 0 Å². The number of hydrogen-bond donors (Lipinski definition) is 0. The Morgan fingerprint density at radius 2 is 1.81 bits per heavy atom. The smallest absolute Gasteiger partial charge is 0.0646 e. The molecular formula is C15H15N. The van der Waals surface area contributed by atoms with E-state index < -0.39 is 0 Å². The van der Waals surface area contributed by atoms with Gasteiger partial charge in [-0.3, -0.25) is 4.99 Å². The standard InChI is InChI=1S/C15H15N/c1-2-16-15-11-7-6-10-14(15)12-13-8-4-3-5-9-13/h3-12H,2H2,1H3/b14-12-,16-15?. The van der Waals surface area contributed by atoms with Gasteiger partial charge in [-0.05, 0) is 24.6 Å². The lowest BCUT2D eigenvalue weighted by Gasteiger charge is -2.06. The second-order valence-electron chi connectivity index (χ2n) is 3.59. The van der Waals surface area contributed by atoms with Crippen molar-refractivity contribution >= 4 is 11.8 Å². The number of allylic oxidation sites excluding steroid dienone is 5. The van der Waals surface area contributed by atoms with E-state index in [-0.39, 0.29) is 0 Å². The molecule has 16 heavy (non-hydrogen) atoms. The van der Waals surface area contributed by atoms with Crippen molar-refractivity contribution < 1.29 is 0 Å². The Hall–Kier alpha value is -1.89. The predicted molar refractivity (Wildman–Crippen MR) is 70.7 cm³/mol. The first-order valence-corrected chi connectivity index (χ1v) is 5.56. The van der Waals surface area contributed by atoms with Crippen molar-refractivity contribution in [1.82, 2.24) is 0 Å². The van der Waals surface area contributed by atoms with Gasteiger partial charge in [0.25, 0.3) is 0 Å². The second-order valence-corrected chi connectivity index (χ2v) is 3.59. The maximum Gasteiger partial charge on any atom is 0.0646 e. The second kappa shape index (κ2) is 5.26. The summed E-state index contributed by atoms with van der Waals surface area (Å²) in [5.74, 6) is 0. The average molecular weight is 209 g/mol. The van der Waals surface area contributed by atoms with Crippen LogP contribution in [0.1, 0.15) is 12.5 Å². The van der Waals surface area contributed by atoms with Crippen LogP contribution in [0.25, 0.3) is 6.08 Å². The molecule has 0 atom stereocenters. The Bertz CT molecular complexity index is 461. The summed E-state index contributed by atoms with van der Waals surface area (Å²) >= 11 is 0. The van der Waals surface area contributed by atoms with Crippen LogP contribution in [0.3, 0.4) is 0 Å². The summed E-state index contributed by atoms with van der Waals surface area (Å²) in [5.41, 5.74) is 3.45. The molecular weight excluding hydrogens is 194 g/mol. The van der Waals surface area contributed by atoms with Gasteiger partial charge in [0, 0.05) is 12.1 Å². The number of aliphatic imine (C=N–C) groups is 1. The van der Waals surface area contributed by atoms with Crippen LogP contribution in [0, 0.1) is 0 Å². The number of nitrogens with zero attached hydrogens (tertiary/aromatic N) is 1. The molecule has 0 saturated carbocycles. The van der Waals surface area contributed by atoms with Gasteiger partial charge in [-0.1, -0.05) is 48.6 Å². The van der Waals surface area contributed by atoms with Crippen LogP contribution in [0.5, 0.6) is 0 Å². The van der Waals surface area contributed by atoms with E-state index in [1.807, 2.05) is 30.4 Å². The molecule has 0 aliphatic heterocycles. The van der Waals surface area contributed by atoms with Crippen molar-refractivity contribution in [2.24, 2.45) is 4.99 Å². The third kappa shape index (κ3) is 2.57. The Morgan fingerprint density at radius 1 is 1.06 bits per heavy atom. The van der Waals surface area contributed by atoms with Gasteiger partial charge in [-0.2, -0.15) is 0 Å². The van der Waals surface area contributed by atoms with E-state index in [2.05, 4.69) is 42.3 Å². The highest BCUT2D eigenvalue weighted by molar-refractivity contribution is 6.14. The molecule has 0 N–H and O–H groups in total. The first-order valence-electron chi connectivity index (χ1n) is 5.56. The maximum absolute atomic E-state index is 4.47. The largest absolute Gasteiger partial charge is 0.285 e. The van der Waals surface area contributed by atoms with E-state index in [0.29, 0.717) is 0 Å². The molecule has 1 aliphatic rings. The fraction of sp³-hybridized carbons (Fsp3) is 0.133. The zero-order valence-electron chi connectivity index (χ0n) is 9.43. The van der Waals surface area contributed by atoms with Gasteiger partial charge in [-0.15, -0.1) is 0 Å². The lowest BCUT2D eigenvalue weighted by molar-refractivity contribution is 1.13. The molecule has 0 radical (unpaired) electrons. The van der Waals surface area contributed by atoms with E-state index in [0.717, 1.165) is 12.3 Å². The highest BCUT2D eigenvalue weighted by Crippen LogP contribution is 2.13. The fourth-order valence-electron chi connectivity index (χ4n) is 1.65. The van der Waals surface area contributed by atoms with Gasteiger partial charge in [0.15, 0.2) is 0 Å². The Balaban J connectivity index is 2.32. The lowest BCUT2D eigenvalue weighted by Crippen LogP contribution is -2.00. The van der Waals surface area contributed by atoms with E-state index in [1.54, 1.807) is 0 Å². The molecule has 0 bridgehead atoms. The SMILES string of the molecule is CCN=C1C=CC=C/C1=C/c1ccccc1. The molecule has 1 aromatic carbocycles. The van der Waals surface area contributed by atoms with Crippen LogP contribution in [-0.4, -0.2) is 12.3 Å². The molecule has 0 amide bonds. The maximum atomic E-state index is 4.47. The average Bonchev–Trinajstić information content (AvgIpc) is 2.33. The Morgan fingerprint density at radius 3 is 2.56 bits per heavy atom. The molecule has 1 nitrogen and oxygen atoms in total. The zero-order valence-corrected chi connectivity index (χ0v) is 9.43. The minimum Gasteiger partial charge on any atom is -0.285 e. The van der Waals surface area contributed by atoms with E-state index >= 15 is 0 Å². The van der Waals surface area contributed by atoms with Crippen LogP contribution in [0.4, 0.5) is 0 Å². The zero-order chi connectivity index (χ0) is 11.2. The molecule has 0 spiro atoms. The van der Waals surface area contributed by atoms with Crippen LogP contribution in [0.15, 0.2) is 65.2 Å². The number of rotatable bonds is 2. The van der Waals surface area contributed by atoms with Crippen molar-refractivity contribution in [3.05, 3.63) is 65.8 Å². The molecule has 0 aromatic heterocycles. The first-order chi connectivity index (χ1) is 7.90. The monoisotopic (exact) mass is 209 g/mol. The molecule has 0 unspecified atom stereocenters. The molecule has 0 saturated heterocycles. The molecule has 2 rings (SSSR count). The van der Waals surface area contributed by atoms with Crippen molar-refractivity contribution in [3.63, 3.8) is 0 Å². The molecule has 1 aliphatic carbocycles. The Labute approximate surface area is 96.5 Å². The summed E-state index contributed by atoms with van der Waals surface area (Å²) in [5, 5.41) is 0. The number of hydrogen-bond acceptors (Lipinski definition) is 1. The van der Waals surface area contributed by atoms with Gasteiger partial charge >= 0.3 is 0 Å². The van der Waals surface area contributed by atoms with Crippen LogP contribution >= 0.6 is 0 Å². The van der Waals surface area contributed by atoms with E-state index in [1.165, 1.54) is 11.1 Å². The van der Waals surface area contributed by atoms with E-state index in [9.17, 15) is 0 Å². The molecule has 0 fully saturated rings. The molecule has 0 heterocycles. The van der Waals surface area contributed by atoms with Crippen molar-refractivity contribution in [2.75, 3.05) is 6.54 Å². The lowest BCUT2D eigenvalue weighted by atomic mass is 10.0. The summed E-state index contributed by atoms with van der Waals surface area (Å²) in [6.07, 6.45) is 10.4. The summed E-state index contributed by atoms with van der Waals surface area (Å²) in [4.78, 5) is 4.47. The Kier molecular flexibility index (Phi) is 3.50. The van der Waals surface area contributed by atoms with Crippen LogP contribution in [0.2, 0.25) is 0 Å². The van der Waals surface area contributed by atoms with Gasteiger partial charge in [0.2, 0.25) is 0 Å². The van der Waals surface area contributed by atoms with Crippen molar-refractivity contribution in [3.8, 4) is 0 Å². The molecule has 80 valence electrons. The van der Waals surface area contributed by atoms with Gasteiger partial charge < -0.3 is 0 Å². The minimum atomic E-state index is 0.819. The van der Waals surface area contributed by atoms with Crippen molar-refractivity contribution in [1.29, 1.82) is 0 Å². The first kappa shape index (κ1) is 10.6. The predicted octanol–water partition coefficient (Wildman–Crippen LogP) is 3.66. The van der Waals surface area contributed by atoms with E-state index in [4.69, 9.17) is 0 Å². The number of benzene rings is 1. The summed E-state index contributed by atoms with van der Waals surface area (Å²) in [6.45, 7) is 2.87. The molecule has 1 aromatic rings. The molecule has 1 heteroatoms. The summed E-state index contributed by atoms with van der Waals surface area (Å²) in [7, 11) is 0.